The molecule has 0 fully saturated rings. The summed E-state index contributed by atoms with van der Waals surface area (Å²) in [7, 11) is -2.97. The maximum absolute atomic E-state index is 11.7. The minimum atomic E-state index is -2.97. The number of aryl methyl sites for hydroxylation is 2. The molecule has 0 radical (unpaired) electrons. The van der Waals surface area contributed by atoms with Crippen molar-refractivity contribution < 1.29 is 8.42 Å². The Morgan fingerprint density at radius 3 is 2.42 bits per heavy atom. The molecule has 0 aromatic carbocycles. The minimum absolute atomic E-state index is 0.0269. The molecule has 0 saturated carbocycles. The molecule has 2 N–H and O–H groups in total. The SMILES string of the molecule is CCCS(=O)(=O)CCn1nc(C)c(C(N)CC)c1C. The zero-order valence-electron chi connectivity index (χ0n) is 12.3. The van der Waals surface area contributed by atoms with Gasteiger partial charge in [-0.2, -0.15) is 5.10 Å². The Hall–Kier alpha value is -0.880. The van der Waals surface area contributed by atoms with Crippen LogP contribution in [0.3, 0.4) is 0 Å². The van der Waals surface area contributed by atoms with Crippen LogP contribution in [-0.4, -0.2) is 29.7 Å². The summed E-state index contributed by atoms with van der Waals surface area (Å²) in [6, 6.07) is -0.0269. The average Bonchev–Trinajstić information content (AvgIpc) is 2.61. The first kappa shape index (κ1) is 16.2. The Balaban J connectivity index is 2.87. The molecule has 1 atom stereocenters. The predicted octanol–water partition coefficient (Wildman–Crippen LogP) is 1.73. The Labute approximate surface area is 116 Å². The van der Waals surface area contributed by atoms with Crippen molar-refractivity contribution in [3.63, 3.8) is 0 Å². The number of rotatable bonds is 7. The summed E-state index contributed by atoms with van der Waals surface area (Å²) < 4.78 is 25.2. The minimum Gasteiger partial charge on any atom is -0.324 e. The van der Waals surface area contributed by atoms with Gasteiger partial charge in [-0.3, -0.25) is 4.68 Å². The third kappa shape index (κ3) is 4.04. The van der Waals surface area contributed by atoms with E-state index in [-0.39, 0.29) is 17.5 Å². The monoisotopic (exact) mass is 287 g/mol. The van der Waals surface area contributed by atoms with Gasteiger partial charge in [0.2, 0.25) is 0 Å². The molecule has 0 aliphatic rings. The maximum atomic E-state index is 11.7. The molecular weight excluding hydrogens is 262 g/mol. The number of aromatic nitrogens is 2. The highest BCUT2D eigenvalue weighted by atomic mass is 32.2. The van der Waals surface area contributed by atoms with E-state index in [0.717, 1.165) is 23.4 Å². The van der Waals surface area contributed by atoms with Crippen LogP contribution in [0.5, 0.6) is 0 Å². The number of nitrogens with two attached hydrogens (primary N) is 1. The molecule has 6 heteroatoms. The van der Waals surface area contributed by atoms with Crippen LogP contribution >= 0.6 is 0 Å². The lowest BCUT2D eigenvalue weighted by Gasteiger charge is -2.10. The first-order valence-corrected chi connectivity index (χ1v) is 8.64. The molecular formula is C13H25N3O2S. The first-order chi connectivity index (χ1) is 8.82. The largest absolute Gasteiger partial charge is 0.324 e. The van der Waals surface area contributed by atoms with Crippen molar-refractivity contribution in [1.82, 2.24) is 9.78 Å². The Bertz CT molecular complexity index is 520. The zero-order valence-corrected chi connectivity index (χ0v) is 13.1. The van der Waals surface area contributed by atoms with Crippen molar-refractivity contribution >= 4 is 9.84 Å². The third-order valence-corrected chi connectivity index (χ3v) is 5.21. The fourth-order valence-corrected chi connectivity index (χ4v) is 3.59. The van der Waals surface area contributed by atoms with Crippen molar-refractivity contribution in [3.05, 3.63) is 17.0 Å². The summed E-state index contributed by atoms with van der Waals surface area (Å²) in [5.74, 6) is 0.386. The molecule has 0 saturated heterocycles. The maximum Gasteiger partial charge on any atom is 0.152 e. The van der Waals surface area contributed by atoms with Gasteiger partial charge in [0.05, 0.1) is 18.0 Å². The quantitative estimate of drug-likeness (QED) is 0.828. The number of nitrogens with zero attached hydrogens (tertiary/aromatic N) is 2. The highest BCUT2D eigenvalue weighted by Gasteiger charge is 2.18. The lowest BCUT2D eigenvalue weighted by Crippen LogP contribution is -2.17. The third-order valence-electron chi connectivity index (χ3n) is 3.38. The smallest absolute Gasteiger partial charge is 0.152 e. The van der Waals surface area contributed by atoms with Gasteiger partial charge in [-0.05, 0) is 26.7 Å². The zero-order chi connectivity index (χ0) is 14.6. The van der Waals surface area contributed by atoms with Crippen LogP contribution in [0.2, 0.25) is 0 Å². The van der Waals surface area contributed by atoms with E-state index in [4.69, 9.17) is 5.73 Å². The van der Waals surface area contributed by atoms with Crippen molar-refractivity contribution in [2.24, 2.45) is 5.73 Å². The van der Waals surface area contributed by atoms with E-state index in [1.807, 2.05) is 27.7 Å². The molecule has 0 spiro atoms. The molecule has 0 bridgehead atoms. The molecule has 0 amide bonds. The molecule has 5 nitrogen and oxygen atoms in total. The number of sulfone groups is 1. The first-order valence-electron chi connectivity index (χ1n) is 6.82. The molecule has 1 aromatic rings. The number of hydrogen-bond donors (Lipinski definition) is 1. The van der Waals surface area contributed by atoms with Gasteiger partial charge in [0.1, 0.15) is 0 Å². The van der Waals surface area contributed by atoms with Gasteiger partial charge in [-0.15, -0.1) is 0 Å². The summed E-state index contributed by atoms with van der Waals surface area (Å²) >= 11 is 0. The summed E-state index contributed by atoms with van der Waals surface area (Å²) in [6.07, 6.45) is 1.51. The summed E-state index contributed by atoms with van der Waals surface area (Å²) in [5.41, 5.74) is 9.01. The van der Waals surface area contributed by atoms with Crippen LogP contribution in [0.1, 0.15) is 49.7 Å². The fraction of sp³-hybridized carbons (Fsp3) is 0.769. The Kier molecular flexibility index (Phi) is 5.55. The predicted molar refractivity (Wildman–Crippen MR) is 77.9 cm³/mol. The van der Waals surface area contributed by atoms with Crippen molar-refractivity contribution in [1.29, 1.82) is 0 Å². The topological polar surface area (TPSA) is 78.0 Å². The van der Waals surface area contributed by atoms with Crippen LogP contribution in [0.15, 0.2) is 0 Å². The van der Waals surface area contributed by atoms with E-state index >= 15 is 0 Å². The van der Waals surface area contributed by atoms with E-state index in [1.54, 1.807) is 4.68 Å². The van der Waals surface area contributed by atoms with Crippen LogP contribution in [0.25, 0.3) is 0 Å². The summed E-state index contributed by atoms with van der Waals surface area (Å²) in [5, 5.41) is 4.41. The molecule has 1 aromatic heterocycles. The van der Waals surface area contributed by atoms with Gasteiger partial charge in [0, 0.05) is 23.1 Å². The van der Waals surface area contributed by atoms with Gasteiger partial charge in [0.25, 0.3) is 0 Å². The van der Waals surface area contributed by atoms with Crippen LogP contribution in [-0.2, 0) is 16.4 Å². The van der Waals surface area contributed by atoms with Gasteiger partial charge >= 0.3 is 0 Å². The van der Waals surface area contributed by atoms with Crippen LogP contribution < -0.4 is 5.73 Å². The second-order valence-electron chi connectivity index (χ2n) is 4.97. The van der Waals surface area contributed by atoms with E-state index in [9.17, 15) is 8.42 Å². The van der Waals surface area contributed by atoms with Gasteiger partial charge < -0.3 is 5.73 Å². The van der Waals surface area contributed by atoms with Gasteiger partial charge in [-0.25, -0.2) is 8.42 Å². The summed E-state index contributed by atoms with van der Waals surface area (Å²) in [6.45, 7) is 8.20. The van der Waals surface area contributed by atoms with Crippen molar-refractivity contribution in [3.8, 4) is 0 Å². The van der Waals surface area contributed by atoms with E-state index in [1.165, 1.54) is 0 Å². The molecule has 19 heavy (non-hydrogen) atoms. The normalized spacial score (nSPS) is 13.7. The van der Waals surface area contributed by atoms with Crippen LogP contribution in [0.4, 0.5) is 0 Å². The fourth-order valence-electron chi connectivity index (χ4n) is 2.31. The molecule has 1 unspecified atom stereocenters. The lowest BCUT2D eigenvalue weighted by molar-refractivity contribution is 0.574. The van der Waals surface area contributed by atoms with Crippen LogP contribution in [0, 0.1) is 13.8 Å². The molecule has 1 heterocycles. The number of hydrogen-bond acceptors (Lipinski definition) is 4. The standard InChI is InChI=1S/C13H25N3O2S/c1-5-8-19(17,18)9-7-16-11(4)13(10(3)15-16)12(14)6-2/h12H,5-9,14H2,1-4H3. The lowest BCUT2D eigenvalue weighted by atomic mass is 10.0. The van der Waals surface area contributed by atoms with E-state index < -0.39 is 9.84 Å². The molecule has 110 valence electrons. The Morgan fingerprint density at radius 2 is 1.89 bits per heavy atom. The Morgan fingerprint density at radius 1 is 1.26 bits per heavy atom. The van der Waals surface area contributed by atoms with Gasteiger partial charge in [-0.1, -0.05) is 13.8 Å². The molecule has 1 rings (SSSR count). The molecule has 0 aliphatic carbocycles. The summed E-state index contributed by atoms with van der Waals surface area (Å²) in [4.78, 5) is 0. The highest BCUT2D eigenvalue weighted by molar-refractivity contribution is 7.91. The van der Waals surface area contributed by atoms with E-state index in [0.29, 0.717) is 13.0 Å². The van der Waals surface area contributed by atoms with E-state index in [2.05, 4.69) is 5.10 Å². The second kappa shape index (κ2) is 6.52. The second-order valence-corrected chi connectivity index (χ2v) is 7.28. The highest BCUT2D eigenvalue weighted by Crippen LogP contribution is 2.22. The van der Waals surface area contributed by atoms with Gasteiger partial charge in [0.15, 0.2) is 9.84 Å². The van der Waals surface area contributed by atoms with Crippen molar-refractivity contribution in [2.75, 3.05) is 11.5 Å². The van der Waals surface area contributed by atoms with Crippen molar-refractivity contribution in [2.45, 2.75) is 53.1 Å². The molecule has 0 aliphatic heterocycles. The average molecular weight is 287 g/mol.